The van der Waals surface area contributed by atoms with Crippen LogP contribution in [0.25, 0.3) is 11.0 Å². The highest BCUT2D eigenvalue weighted by Crippen LogP contribution is 2.21. The Balaban J connectivity index is 2.28. The number of ether oxygens (including phenoxy) is 1. The van der Waals surface area contributed by atoms with Gasteiger partial charge >= 0.3 is 0 Å². The van der Waals surface area contributed by atoms with Gasteiger partial charge in [0.15, 0.2) is 0 Å². The molecule has 2 aromatic rings. The molecule has 0 aromatic carbocycles. The van der Waals surface area contributed by atoms with Crippen molar-refractivity contribution in [1.82, 2.24) is 14.9 Å². The fourth-order valence-electron chi connectivity index (χ4n) is 1.99. The maximum absolute atomic E-state index is 10.9. The Labute approximate surface area is 106 Å². The van der Waals surface area contributed by atoms with E-state index >= 15 is 0 Å². The summed E-state index contributed by atoms with van der Waals surface area (Å²) in [6.45, 7) is 2.14. The summed E-state index contributed by atoms with van der Waals surface area (Å²) >= 11 is 0. The van der Waals surface area contributed by atoms with Gasteiger partial charge in [0.1, 0.15) is 0 Å². The Morgan fingerprint density at radius 3 is 2.94 bits per heavy atom. The van der Waals surface area contributed by atoms with Gasteiger partial charge in [-0.25, -0.2) is 4.98 Å². The van der Waals surface area contributed by atoms with Gasteiger partial charge < -0.3 is 14.6 Å². The monoisotopic (exact) mass is 247 g/mol. The second kappa shape index (κ2) is 5.08. The van der Waals surface area contributed by atoms with E-state index in [1.807, 2.05) is 29.9 Å². The lowest BCUT2D eigenvalue weighted by Gasteiger charge is -2.02. The number of aryl methyl sites for hydroxylation is 1. The first-order valence-electron chi connectivity index (χ1n) is 5.85. The van der Waals surface area contributed by atoms with Crippen LogP contribution in [0.5, 0.6) is 5.88 Å². The normalized spacial score (nSPS) is 10.6. The lowest BCUT2D eigenvalue weighted by atomic mass is 10.2. The molecule has 1 amide bonds. The van der Waals surface area contributed by atoms with Gasteiger partial charge in [-0.05, 0) is 18.1 Å². The predicted octanol–water partition coefficient (Wildman–Crippen LogP) is 1.26. The second-order valence-corrected chi connectivity index (χ2v) is 4.22. The number of hydrogen-bond acceptors (Lipinski definition) is 3. The van der Waals surface area contributed by atoms with Gasteiger partial charge in [-0.15, -0.1) is 0 Å². The molecule has 1 N–H and O–H groups in total. The summed E-state index contributed by atoms with van der Waals surface area (Å²) in [5.41, 5.74) is 3.11. The summed E-state index contributed by atoms with van der Waals surface area (Å²) in [6.07, 6.45) is 2.80. The number of fused-ring (bicyclic) bond motifs is 1. The molecule has 2 rings (SSSR count). The highest BCUT2D eigenvalue weighted by molar-refractivity contribution is 5.80. The average Bonchev–Trinajstić information content (AvgIpc) is 2.65. The number of pyridine rings is 1. The first kappa shape index (κ1) is 12.4. The van der Waals surface area contributed by atoms with E-state index in [-0.39, 0.29) is 5.91 Å². The second-order valence-electron chi connectivity index (χ2n) is 4.22. The summed E-state index contributed by atoms with van der Waals surface area (Å²) in [7, 11) is 3.59. The van der Waals surface area contributed by atoms with Gasteiger partial charge in [-0.2, -0.15) is 0 Å². The molecule has 0 fully saturated rings. The lowest BCUT2D eigenvalue weighted by Crippen LogP contribution is -2.22. The Kier molecular flexibility index (Phi) is 3.50. The van der Waals surface area contributed by atoms with Crippen LogP contribution in [-0.4, -0.2) is 29.1 Å². The lowest BCUT2D eigenvalue weighted by molar-refractivity contribution is -0.118. The summed E-state index contributed by atoms with van der Waals surface area (Å²) in [6, 6.07) is 3.84. The van der Waals surface area contributed by atoms with Gasteiger partial charge in [0.2, 0.25) is 11.8 Å². The minimum absolute atomic E-state index is 0.0132. The highest BCUT2D eigenvalue weighted by Gasteiger charge is 2.09. The fraction of sp³-hybridized carbons (Fsp3) is 0.385. The van der Waals surface area contributed by atoms with Crippen molar-refractivity contribution in [2.45, 2.75) is 13.3 Å². The largest absolute Gasteiger partial charge is 0.481 e. The Morgan fingerprint density at radius 2 is 2.28 bits per heavy atom. The topological polar surface area (TPSA) is 56.1 Å². The Morgan fingerprint density at radius 1 is 1.50 bits per heavy atom. The molecule has 0 unspecified atom stereocenters. The van der Waals surface area contributed by atoms with Crippen molar-refractivity contribution < 1.29 is 9.53 Å². The SMILES string of the molecule is COc1ccc2c(n1)c(CCNC(C)=O)cn2C. The van der Waals surface area contributed by atoms with Crippen LogP contribution in [0.15, 0.2) is 18.3 Å². The number of nitrogens with one attached hydrogen (secondary N) is 1. The van der Waals surface area contributed by atoms with E-state index in [2.05, 4.69) is 10.3 Å². The van der Waals surface area contributed by atoms with Gasteiger partial charge in [-0.3, -0.25) is 4.79 Å². The van der Waals surface area contributed by atoms with Crippen LogP contribution in [0.4, 0.5) is 0 Å². The van der Waals surface area contributed by atoms with E-state index in [0.717, 1.165) is 23.0 Å². The van der Waals surface area contributed by atoms with E-state index in [4.69, 9.17) is 4.74 Å². The molecule has 0 saturated carbocycles. The third-order valence-electron chi connectivity index (χ3n) is 2.86. The minimum Gasteiger partial charge on any atom is -0.481 e. The van der Waals surface area contributed by atoms with Crippen LogP contribution in [0.1, 0.15) is 12.5 Å². The fourth-order valence-corrected chi connectivity index (χ4v) is 1.99. The van der Waals surface area contributed by atoms with E-state index < -0.39 is 0 Å². The average molecular weight is 247 g/mol. The quantitative estimate of drug-likeness (QED) is 0.885. The van der Waals surface area contributed by atoms with Gasteiger partial charge in [0.05, 0.1) is 18.1 Å². The zero-order chi connectivity index (χ0) is 13.1. The van der Waals surface area contributed by atoms with Crippen molar-refractivity contribution in [3.8, 4) is 5.88 Å². The van der Waals surface area contributed by atoms with Gasteiger partial charge in [0, 0.05) is 32.8 Å². The first-order chi connectivity index (χ1) is 8.61. The molecule has 5 nitrogen and oxygen atoms in total. The molecule has 18 heavy (non-hydrogen) atoms. The number of methoxy groups -OCH3 is 1. The maximum atomic E-state index is 10.9. The number of rotatable bonds is 4. The van der Waals surface area contributed by atoms with E-state index in [1.165, 1.54) is 6.92 Å². The molecule has 0 spiro atoms. The molecule has 5 heteroatoms. The molecular weight excluding hydrogens is 230 g/mol. The Bertz CT molecular complexity index is 575. The van der Waals surface area contributed by atoms with Gasteiger partial charge in [-0.1, -0.05) is 0 Å². The zero-order valence-electron chi connectivity index (χ0n) is 10.9. The van der Waals surface area contributed by atoms with Gasteiger partial charge in [0.25, 0.3) is 0 Å². The van der Waals surface area contributed by atoms with Crippen LogP contribution < -0.4 is 10.1 Å². The van der Waals surface area contributed by atoms with Crippen LogP contribution in [0.2, 0.25) is 0 Å². The standard InChI is InChI=1S/C13H17N3O2/c1-9(17)14-7-6-10-8-16(2)11-4-5-12(18-3)15-13(10)11/h4-5,8H,6-7H2,1-3H3,(H,14,17). The van der Waals surface area contributed by atoms with Crippen molar-refractivity contribution in [1.29, 1.82) is 0 Å². The van der Waals surface area contributed by atoms with Crippen molar-refractivity contribution in [2.24, 2.45) is 7.05 Å². The van der Waals surface area contributed by atoms with Crippen LogP contribution in [-0.2, 0) is 18.3 Å². The number of carbonyl (C=O) groups is 1. The van der Waals surface area contributed by atoms with Crippen LogP contribution >= 0.6 is 0 Å². The minimum atomic E-state index is -0.0132. The number of amides is 1. The van der Waals surface area contributed by atoms with Crippen molar-refractivity contribution in [2.75, 3.05) is 13.7 Å². The molecule has 2 heterocycles. The number of aromatic nitrogens is 2. The molecule has 2 aromatic heterocycles. The molecule has 0 aliphatic rings. The molecule has 96 valence electrons. The number of hydrogen-bond donors (Lipinski definition) is 1. The number of nitrogens with zero attached hydrogens (tertiary/aromatic N) is 2. The third-order valence-corrected chi connectivity index (χ3v) is 2.86. The summed E-state index contributed by atoms with van der Waals surface area (Å²) in [4.78, 5) is 15.3. The first-order valence-corrected chi connectivity index (χ1v) is 5.85. The van der Waals surface area contributed by atoms with E-state index in [9.17, 15) is 4.79 Å². The van der Waals surface area contributed by atoms with Crippen molar-refractivity contribution in [3.63, 3.8) is 0 Å². The molecule has 0 aliphatic heterocycles. The van der Waals surface area contributed by atoms with Crippen molar-refractivity contribution in [3.05, 3.63) is 23.9 Å². The number of carbonyl (C=O) groups excluding carboxylic acids is 1. The third kappa shape index (κ3) is 2.45. The molecular formula is C13H17N3O2. The molecule has 0 aliphatic carbocycles. The van der Waals surface area contributed by atoms with E-state index in [0.29, 0.717) is 12.4 Å². The zero-order valence-corrected chi connectivity index (χ0v) is 10.9. The summed E-state index contributed by atoms with van der Waals surface area (Å²) in [5, 5.41) is 2.79. The van der Waals surface area contributed by atoms with Crippen molar-refractivity contribution >= 4 is 16.9 Å². The highest BCUT2D eigenvalue weighted by atomic mass is 16.5. The van der Waals surface area contributed by atoms with E-state index in [1.54, 1.807) is 7.11 Å². The maximum Gasteiger partial charge on any atom is 0.216 e. The molecule has 0 radical (unpaired) electrons. The molecule has 0 atom stereocenters. The molecule has 0 saturated heterocycles. The summed E-state index contributed by atoms with van der Waals surface area (Å²) in [5.74, 6) is 0.593. The van der Waals surface area contributed by atoms with Crippen LogP contribution in [0, 0.1) is 0 Å². The van der Waals surface area contributed by atoms with Crippen LogP contribution in [0.3, 0.4) is 0 Å². The Hall–Kier alpha value is -2.04. The smallest absolute Gasteiger partial charge is 0.216 e. The molecule has 0 bridgehead atoms. The summed E-state index contributed by atoms with van der Waals surface area (Å²) < 4.78 is 7.17. The predicted molar refractivity (Wildman–Crippen MR) is 69.7 cm³/mol.